The van der Waals surface area contributed by atoms with Gasteiger partial charge in [-0.1, -0.05) is 37.5 Å². The average Bonchev–Trinajstić information content (AvgIpc) is 2.30. The summed E-state index contributed by atoms with van der Waals surface area (Å²) in [5.41, 5.74) is 2.50. The van der Waals surface area contributed by atoms with Gasteiger partial charge in [-0.3, -0.25) is 0 Å². The van der Waals surface area contributed by atoms with Crippen LogP contribution in [-0.2, 0) is 0 Å². The molecular weight excluding hydrogens is 210 g/mol. The fraction of sp³-hybridized carbons (Fsp3) is 0.600. The summed E-state index contributed by atoms with van der Waals surface area (Å²) in [4.78, 5) is 0. The highest BCUT2D eigenvalue weighted by atomic mass is 16.5. The standard InChI is InChI=1S/C15H25NO/c1-4-5-6-9-16-10-11-17-15-8-7-13(2)12-14(15)3/h7-8,12,16H,4-6,9-11H2,1-3H3. The van der Waals surface area contributed by atoms with E-state index < -0.39 is 0 Å². The molecule has 0 aliphatic carbocycles. The Kier molecular flexibility index (Phi) is 6.71. The van der Waals surface area contributed by atoms with Crippen molar-refractivity contribution < 1.29 is 4.74 Å². The molecule has 0 heterocycles. The maximum absolute atomic E-state index is 5.74. The van der Waals surface area contributed by atoms with Crippen molar-refractivity contribution in [3.8, 4) is 5.75 Å². The third kappa shape index (κ3) is 5.73. The minimum absolute atomic E-state index is 0.746. The summed E-state index contributed by atoms with van der Waals surface area (Å²) in [6, 6.07) is 6.31. The van der Waals surface area contributed by atoms with E-state index in [4.69, 9.17) is 4.74 Å². The largest absolute Gasteiger partial charge is 0.492 e. The van der Waals surface area contributed by atoms with Crippen LogP contribution < -0.4 is 10.1 Å². The number of benzene rings is 1. The molecule has 0 atom stereocenters. The van der Waals surface area contributed by atoms with Gasteiger partial charge in [0.15, 0.2) is 0 Å². The first-order chi connectivity index (χ1) is 8.24. The van der Waals surface area contributed by atoms with E-state index in [-0.39, 0.29) is 0 Å². The number of ether oxygens (including phenoxy) is 1. The van der Waals surface area contributed by atoms with Crippen LogP contribution in [0.25, 0.3) is 0 Å². The van der Waals surface area contributed by atoms with E-state index in [2.05, 4.69) is 44.3 Å². The van der Waals surface area contributed by atoms with Gasteiger partial charge in [0.2, 0.25) is 0 Å². The molecule has 0 aliphatic rings. The van der Waals surface area contributed by atoms with Crippen molar-refractivity contribution in [2.45, 2.75) is 40.0 Å². The van der Waals surface area contributed by atoms with Crippen LogP contribution in [0.3, 0.4) is 0 Å². The lowest BCUT2D eigenvalue weighted by Crippen LogP contribution is -2.22. The van der Waals surface area contributed by atoms with Gasteiger partial charge in [-0.15, -0.1) is 0 Å². The molecule has 0 fully saturated rings. The first kappa shape index (κ1) is 14.0. The van der Waals surface area contributed by atoms with Crippen molar-refractivity contribution in [3.05, 3.63) is 29.3 Å². The smallest absolute Gasteiger partial charge is 0.122 e. The quantitative estimate of drug-likeness (QED) is 0.697. The first-order valence-corrected chi connectivity index (χ1v) is 6.65. The molecule has 1 aromatic carbocycles. The fourth-order valence-electron chi connectivity index (χ4n) is 1.82. The van der Waals surface area contributed by atoms with Crippen molar-refractivity contribution >= 4 is 0 Å². The molecule has 0 radical (unpaired) electrons. The molecule has 0 bridgehead atoms. The Bertz CT molecular complexity index is 323. The molecule has 0 aromatic heterocycles. The minimum atomic E-state index is 0.746. The zero-order valence-electron chi connectivity index (χ0n) is 11.4. The van der Waals surface area contributed by atoms with Crippen LogP contribution in [-0.4, -0.2) is 19.7 Å². The van der Waals surface area contributed by atoms with Gasteiger partial charge in [-0.2, -0.15) is 0 Å². The lowest BCUT2D eigenvalue weighted by molar-refractivity contribution is 0.311. The Hall–Kier alpha value is -1.02. The highest BCUT2D eigenvalue weighted by molar-refractivity contribution is 5.35. The van der Waals surface area contributed by atoms with Crippen LogP contribution in [0.1, 0.15) is 37.3 Å². The van der Waals surface area contributed by atoms with Crippen LogP contribution in [0.4, 0.5) is 0 Å². The zero-order valence-corrected chi connectivity index (χ0v) is 11.4. The number of hydrogen-bond acceptors (Lipinski definition) is 2. The summed E-state index contributed by atoms with van der Waals surface area (Å²) in [5.74, 6) is 1.01. The number of unbranched alkanes of at least 4 members (excludes halogenated alkanes) is 2. The first-order valence-electron chi connectivity index (χ1n) is 6.65. The summed E-state index contributed by atoms with van der Waals surface area (Å²) < 4.78 is 5.74. The van der Waals surface area contributed by atoms with Crippen molar-refractivity contribution in [1.29, 1.82) is 0 Å². The third-order valence-electron chi connectivity index (χ3n) is 2.82. The average molecular weight is 235 g/mol. The molecule has 0 saturated carbocycles. The SMILES string of the molecule is CCCCCNCCOc1ccc(C)cc1C. The number of aryl methyl sites for hydroxylation is 2. The molecule has 2 nitrogen and oxygen atoms in total. The van der Waals surface area contributed by atoms with E-state index >= 15 is 0 Å². The second kappa shape index (κ2) is 8.13. The maximum atomic E-state index is 5.74. The molecule has 1 aromatic rings. The van der Waals surface area contributed by atoms with Crippen molar-refractivity contribution in [3.63, 3.8) is 0 Å². The lowest BCUT2D eigenvalue weighted by Gasteiger charge is -2.10. The maximum Gasteiger partial charge on any atom is 0.122 e. The molecule has 1 rings (SSSR count). The number of hydrogen-bond donors (Lipinski definition) is 1. The minimum Gasteiger partial charge on any atom is -0.492 e. The molecule has 0 saturated heterocycles. The van der Waals surface area contributed by atoms with E-state index in [0.29, 0.717) is 0 Å². The zero-order chi connectivity index (χ0) is 12.5. The monoisotopic (exact) mass is 235 g/mol. The summed E-state index contributed by atoms with van der Waals surface area (Å²) >= 11 is 0. The topological polar surface area (TPSA) is 21.3 Å². The Labute approximate surface area is 105 Å². The van der Waals surface area contributed by atoms with Gasteiger partial charge in [-0.05, 0) is 38.4 Å². The van der Waals surface area contributed by atoms with Crippen LogP contribution in [0.5, 0.6) is 5.75 Å². The van der Waals surface area contributed by atoms with Crippen LogP contribution in [0.15, 0.2) is 18.2 Å². The highest BCUT2D eigenvalue weighted by Crippen LogP contribution is 2.18. The highest BCUT2D eigenvalue weighted by Gasteiger charge is 1.98. The molecule has 0 unspecified atom stereocenters. The second-order valence-electron chi connectivity index (χ2n) is 4.57. The van der Waals surface area contributed by atoms with Crippen LogP contribution in [0, 0.1) is 13.8 Å². The van der Waals surface area contributed by atoms with E-state index in [1.165, 1.54) is 30.4 Å². The molecule has 17 heavy (non-hydrogen) atoms. The summed E-state index contributed by atoms with van der Waals surface area (Å²) in [7, 11) is 0. The Morgan fingerprint density at radius 3 is 2.65 bits per heavy atom. The summed E-state index contributed by atoms with van der Waals surface area (Å²) in [6.45, 7) is 9.20. The van der Waals surface area contributed by atoms with Crippen molar-refractivity contribution in [1.82, 2.24) is 5.32 Å². The lowest BCUT2D eigenvalue weighted by atomic mass is 10.1. The third-order valence-corrected chi connectivity index (χ3v) is 2.82. The van der Waals surface area contributed by atoms with Crippen molar-refractivity contribution in [2.24, 2.45) is 0 Å². The molecule has 0 aliphatic heterocycles. The Balaban J connectivity index is 2.14. The van der Waals surface area contributed by atoms with Crippen LogP contribution >= 0.6 is 0 Å². The van der Waals surface area contributed by atoms with Gasteiger partial charge in [0.25, 0.3) is 0 Å². The van der Waals surface area contributed by atoms with Gasteiger partial charge in [0.05, 0.1) is 0 Å². The molecule has 1 N–H and O–H groups in total. The molecule has 96 valence electrons. The van der Waals surface area contributed by atoms with Gasteiger partial charge in [-0.25, -0.2) is 0 Å². The number of nitrogens with one attached hydrogen (secondary N) is 1. The predicted octanol–water partition coefficient (Wildman–Crippen LogP) is 3.46. The van der Waals surface area contributed by atoms with E-state index in [0.717, 1.165) is 25.4 Å². The normalized spacial score (nSPS) is 10.5. The van der Waals surface area contributed by atoms with E-state index in [1.807, 2.05) is 0 Å². The predicted molar refractivity (Wildman–Crippen MR) is 73.8 cm³/mol. The fourth-order valence-corrected chi connectivity index (χ4v) is 1.82. The van der Waals surface area contributed by atoms with Gasteiger partial charge < -0.3 is 10.1 Å². The van der Waals surface area contributed by atoms with Gasteiger partial charge in [0, 0.05) is 6.54 Å². The summed E-state index contributed by atoms with van der Waals surface area (Å²) in [5, 5.41) is 3.40. The van der Waals surface area contributed by atoms with Gasteiger partial charge >= 0.3 is 0 Å². The second-order valence-corrected chi connectivity index (χ2v) is 4.57. The van der Waals surface area contributed by atoms with Crippen molar-refractivity contribution in [2.75, 3.05) is 19.7 Å². The molecular formula is C15H25NO. The summed E-state index contributed by atoms with van der Waals surface area (Å²) in [6.07, 6.45) is 3.85. The molecule has 0 spiro atoms. The van der Waals surface area contributed by atoms with E-state index in [9.17, 15) is 0 Å². The van der Waals surface area contributed by atoms with Gasteiger partial charge in [0.1, 0.15) is 12.4 Å². The number of rotatable bonds is 8. The van der Waals surface area contributed by atoms with E-state index in [1.54, 1.807) is 0 Å². The van der Waals surface area contributed by atoms with Crippen LogP contribution in [0.2, 0.25) is 0 Å². The Morgan fingerprint density at radius 1 is 1.12 bits per heavy atom. The molecule has 0 amide bonds. The Morgan fingerprint density at radius 2 is 1.94 bits per heavy atom. The molecule has 2 heteroatoms.